The van der Waals surface area contributed by atoms with Crippen molar-refractivity contribution in [3.63, 3.8) is 0 Å². The van der Waals surface area contributed by atoms with Crippen molar-refractivity contribution in [1.82, 2.24) is 10.2 Å². The van der Waals surface area contributed by atoms with Gasteiger partial charge in [-0.2, -0.15) is 0 Å². The third-order valence-electron chi connectivity index (χ3n) is 4.83. The molecule has 0 aromatic rings. The third-order valence-corrected chi connectivity index (χ3v) is 4.83. The van der Waals surface area contributed by atoms with E-state index in [1.165, 1.54) is 19.3 Å². The van der Waals surface area contributed by atoms with Gasteiger partial charge in [0.25, 0.3) is 0 Å². The number of aliphatic hydroxyl groups is 1. The van der Waals surface area contributed by atoms with Gasteiger partial charge in [0.1, 0.15) is 5.60 Å². The van der Waals surface area contributed by atoms with Crippen LogP contribution in [0.1, 0.15) is 65.7 Å². The van der Waals surface area contributed by atoms with E-state index in [0.717, 1.165) is 38.8 Å². The van der Waals surface area contributed by atoms with E-state index in [1.54, 1.807) is 0 Å². The standard InChI is InChI=1S/C17H32N2O3/c1-16(2,3)22-15(21)19-11-7-8-14(19)12-18-17(13-20)9-5-4-6-10-17/h14,18,20H,4-13H2,1-3H3. The number of nitrogens with one attached hydrogen (secondary N) is 1. The molecular weight excluding hydrogens is 280 g/mol. The summed E-state index contributed by atoms with van der Waals surface area (Å²) in [6.45, 7) is 7.41. The first kappa shape index (κ1) is 17.5. The van der Waals surface area contributed by atoms with Crippen molar-refractivity contribution in [3.05, 3.63) is 0 Å². The second-order valence-electron chi connectivity index (χ2n) is 7.85. The summed E-state index contributed by atoms with van der Waals surface area (Å²) in [6.07, 6.45) is 7.49. The van der Waals surface area contributed by atoms with Gasteiger partial charge >= 0.3 is 6.09 Å². The number of aliphatic hydroxyl groups excluding tert-OH is 1. The van der Waals surface area contributed by atoms with Crippen molar-refractivity contribution in [2.75, 3.05) is 19.7 Å². The fourth-order valence-electron chi connectivity index (χ4n) is 3.56. The Bertz CT molecular complexity index is 373. The molecule has 1 amide bonds. The predicted octanol–water partition coefficient (Wildman–Crippen LogP) is 2.67. The van der Waals surface area contributed by atoms with Gasteiger partial charge in [-0.25, -0.2) is 4.79 Å². The van der Waals surface area contributed by atoms with Crippen LogP contribution in [-0.4, -0.2) is 53.0 Å². The molecule has 1 aliphatic carbocycles. The Labute approximate surface area is 134 Å². The van der Waals surface area contributed by atoms with Gasteiger partial charge in [-0.05, 0) is 46.5 Å². The fraction of sp³-hybridized carbons (Fsp3) is 0.941. The Morgan fingerprint density at radius 3 is 2.55 bits per heavy atom. The van der Waals surface area contributed by atoms with Crippen LogP contribution in [0.25, 0.3) is 0 Å². The lowest BCUT2D eigenvalue weighted by Crippen LogP contribution is -2.54. The minimum absolute atomic E-state index is 0.138. The number of ether oxygens (including phenoxy) is 1. The molecule has 22 heavy (non-hydrogen) atoms. The van der Waals surface area contributed by atoms with E-state index < -0.39 is 5.60 Å². The topological polar surface area (TPSA) is 61.8 Å². The van der Waals surface area contributed by atoms with Crippen molar-refractivity contribution >= 4 is 6.09 Å². The highest BCUT2D eigenvalue weighted by Gasteiger charge is 2.36. The first-order valence-corrected chi connectivity index (χ1v) is 8.71. The summed E-state index contributed by atoms with van der Waals surface area (Å²) in [5, 5.41) is 13.4. The van der Waals surface area contributed by atoms with Crippen molar-refractivity contribution in [1.29, 1.82) is 0 Å². The molecule has 0 spiro atoms. The monoisotopic (exact) mass is 312 g/mol. The lowest BCUT2D eigenvalue weighted by atomic mass is 9.82. The van der Waals surface area contributed by atoms with Gasteiger partial charge < -0.3 is 20.1 Å². The molecule has 0 aromatic heterocycles. The summed E-state index contributed by atoms with van der Waals surface area (Å²) in [5.74, 6) is 0. The molecule has 1 saturated carbocycles. The molecule has 1 saturated heterocycles. The molecule has 1 atom stereocenters. The lowest BCUT2D eigenvalue weighted by molar-refractivity contribution is 0.0211. The van der Waals surface area contributed by atoms with E-state index in [2.05, 4.69) is 5.32 Å². The fourth-order valence-corrected chi connectivity index (χ4v) is 3.56. The largest absolute Gasteiger partial charge is 0.444 e. The molecule has 1 unspecified atom stereocenters. The molecule has 5 heteroatoms. The average Bonchev–Trinajstić information content (AvgIpc) is 2.93. The zero-order valence-electron chi connectivity index (χ0n) is 14.4. The first-order valence-electron chi connectivity index (χ1n) is 8.71. The van der Waals surface area contributed by atoms with E-state index in [-0.39, 0.29) is 24.3 Å². The summed E-state index contributed by atoms with van der Waals surface area (Å²) in [4.78, 5) is 14.2. The van der Waals surface area contributed by atoms with Crippen molar-refractivity contribution in [2.24, 2.45) is 0 Å². The van der Waals surface area contributed by atoms with E-state index >= 15 is 0 Å². The highest BCUT2D eigenvalue weighted by atomic mass is 16.6. The van der Waals surface area contributed by atoms with E-state index in [9.17, 15) is 9.90 Å². The van der Waals surface area contributed by atoms with Crippen molar-refractivity contribution < 1.29 is 14.6 Å². The number of likely N-dealkylation sites (tertiary alicyclic amines) is 1. The molecular formula is C17H32N2O3. The summed E-state index contributed by atoms with van der Waals surface area (Å²) in [5.41, 5.74) is -0.589. The van der Waals surface area contributed by atoms with Gasteiger partial charge in [-0.1, -0.05) is 19.3 Å². The molecule has 2 rings (SSSR count). The van der Waals surface area contributed by atoms with Crippen LogP contribution in [0.2, 0.25) is 0 Å². The van der Waals surface area contributed by atoms with Gasteiger partial charge in [0.15, 0.2) is 0 Å². The highest BCUT2D eigenvalue weighted by molar-refractivity contribution is 5.69. The van der Waals surface area contributed by atoms with Crippen LogP contribution in [0, 0.1) is 0 Å². The average molecular weight is 312 g/mol. The minimum atomic E-state index is -0.451. The maximum absolute atomic E-state index is 12.3. The van der Waals surface area contributed by atoms with Gasteiger partial charge in [0, 0.05) is 24.7 Å². The second-order valence-corrected chi connectivity index (χ2v) is 7.85. The summed E-state index contributed by atoms with van der Waals surface area (Å²) < 4.78 is 5.50. The molecule has 2 fully saturated rings. The normalized spacial score (nSPS) is 25.3. The molecule has 0 bridgehead atoms. The number of hydrogen-bond acceptors (Lipinski definition) is 4. The van der Waals surface area contributed by atoms with Crippen molar-refractivity contribution in [2.45, 2.75) is 82.9 Å². The van der Waals surface area contributed by atoms with E-state index in [1.807, 2.05) is 25.7 Å². The summed E-state index contributed by atoms with van der Waals surface area (Å²) in [6, 6.07) is 0.181. The van der Waals surface area contributed by atoms with Gasteiger partial charge in [0.2, 0.25) is 0 Å². The van der Waals surface area contributed by atoms with E-state index in [0.29, 0.717) is 0 Å². The minimum Gasteiger partial charge on any atom is -0.444 e. The third kappa shape index (κ3) is 4.59. The molecule has 2 N–H and O–H groups in total. The summed E-state index contributed by atoms with van der Waals surface area (Å²) in [7, 11) is 0. The Hall–Kier alpha value is -0.810. The Morgan fingerprint density at radius 2 is 1.95 bits per heavy atom. The number of carbonyl (C=O) groups is 1. The Kier molecular flexibility index (Phi) is 5.72. The number of amides is 1. The zero-order chi connectivity index (χ0) is 16.2. The van der Waals surface area contributed by atoms with Crippen LogP contribution in [0.15, 0.2) is 0 Å². The maximum Gasteiger partial charge on any atom is 0.410 e. The maximum atomic E-state index is 12.3. The summed E-state index contributed by atoms with van der Waals surface area (Å²) >= 11 is 0. The lowest BCUT2D eigenvalue weighted by Gasteiger charge is -2.38. The zero-order valence-corrected chi connectivity index (χ0v) is 14.4. The number of nitrogens with zero attached hydrogens (tertiary/aromatic N) is 1. The first-order chi connectivity index (χ1) is 10.4. The molecule has 2 aliphatic rings. The van der Waals surface area contributed by atoms with Gasteiger partial charge in [0.05, 0.1) is 6.61 Å². The van der Waals surface area contributed by atoms with Crippen LogP contribution in [0.4, 0.5) is 4.79 Å². The molecule has 0 aromatic carbocycles. The number of rotatable bonds is 4. The van der Waals surface area contributed by atoms with Gasteiger partial charge in [-0.3, -0.25) is 0 Å². The number of carbonyl (C=O) groups excluding carboxylic acids is 1. The second kappa shape index (κ2) is 7.18. The number of hydrogen-bond donors (Lipinski definition) is 2. The highest BCUT2D eigenvalue weighted by Crippen LogP contribution is 2.28. The molecule has 0 radical (unpaired) electrons. The van der Waals surface area contributed by atoms with E-state index in [4.69, 9.17) is 4.74 Å². The van der Waals surface area contributed by atoms with Crippen LogP contribution in [0.3, 0.4) is 0 Å². The van der Waals surface area contributed by atoms with Crippen LogP contribution >= 0.6 is 0 Å². The smallest absolute Gasteiger partial charge is 0.410 e. The quantitative estimate of drug-likeness (QED) is 0.838. The van der Waals surface area contributed by atoms with Crippen LogP contribution in [-0.2, 0) is 4.74 Å². The Balaban J connectivity index is 1.89. The predicted molar refractivity (Wildman–Crippen MR) is 86.9 cm³/mol. The molecule has 1 heterocycles. The molecule has 1 aliphatic heterocycles. The van der Waals surface area contributed by atoms with Crippen LogP contribution in [0.5, 0.6) is 0 Å². The van der Waals surface area contributed by atoms with Gasteiger partial charge in [-0.15, -0.1) is 0 Å². The van der Waals surface area contributed by atoms with Crippen LogP contribution < -0.4 is 5.32 Å². The molecule has 5 nitrogen and oxygen atoms in total. The SMILES string of the molecule is CC(C)(C)OC(=O)N1CCCC1CNC1(CO)CCCCC1. The Morgan fingerprint density at radius 1 is 1.27 bits per heavy atom. The van der Waals surface area contributed by atoms with Crippen molar-refractivity contribution in [3.8, 4) is 0 Å². The molecule has 128 valence electrons.